The van der Waals surface area contributed by atoms with Crippen molar-refractivity contribution < 1.29 is 0 Å². The zero-order chi connectivity index (χ0) is 14.8. The van der Waals surface area contributed by atoms with Crippen LogP contribution in [0.2, 0.25) is 0 Å². The second-order valence-electron chi connectivity index (χ2n) is 8.30. The molecule has 0 radical (unpaired) electrons. The van der Waals surface area contributed by atoms with Crippen molar-refractivity contribution >= 4 is 11.8 Å². The minimum absolute atomic E-state index is 0.143. The third kappa shape index (κ3) is 2.06. The standard InChI is InChI=1S/C16H25N5S/c1-11-18-20-21(19-11)16-7-12-4-13(8-16)6-15(5-12,10-16)17-14-2-3-22-9-14/h12-14,17H,2-10H2,1H3/t12-,13-,14-,15?,16?/m0/s1. The highest BCUT2D eigenvalue weighted by molar-refractivity contribution is 7.99. The van der Waals surface area contributed by atoms with E-state index < -0.39 is 0 Å². The van der Waals surface area contributed by atoms with Crippen molar-refractivity contribution in [2.45, 2.75) is 69.0 Å². The number of hydrogen-bond donors (Lipinski definition) is 1. The van der Waals surface area contributed by atoms with Gasteiger partial charge >= 0.3 is 0 Å². The largest absolute Gasteiger partial charge is 0.308 e. The first-order valence-corrected chi connectivity index (χ1v) is 9.93. The number of nitrogens with one attached hydrogen (secondary N) is 1. The van der Waals surface area contributed by atoms with Crippen LogP contribution < -0.4 is 5.32 Å². The fraction of sp³-hybridized carbons (Fsp3) is 0.938. The van der Waals surface area contributed by atoms with Gasteiger partial charge < -0.3 is 5.32 Å². The Labute approximate surface area is 136 Å². The monoisotopic (exact) mass is 319 g/mol. The first-order valence-electron chi connectivity index (χ1n) is 8.77. The van der Waals surface area contributed by atoms with Gasteiger partial charge in [0.1, 0.15) is 0 Å². The van der Waals surface area contributed by atoms with Gasteiger partial charge in [-0.2, -0.15) is 16.6 Å². The third-order valence-electron chi connectivity index (χ3n) is 6.41. The number of tetrazole rings is 1. The average molecular weight is 319 g/mol. The average Bonchev–Trinajstić information content (AvgIpc) is 3.08. The molecule has 6 heteroatoms. The molecule has 5 fully saturated rings. The lowest BCUT2D eigenvalue weighted by atomic mass is 9.50. The minimum Gasteiger partial charge on any atom is -0.308 e. The highest BCUT2D eigenvalue weighted by atomic mass is 32.2. The maximum atomic E-state index is 4.63. The summed E-state index contributed by atoms with van der Waals surface area (Å²) in [6.45, 7) is 1.95. The summed E-state index contributed by atoms with van der Waals surface area (Å²) in [6, 6.07) is 0.726. The van der Waals surface area contributed by atoms with Crippen LogP contribution in [0.1, 0.15) is 50.8 Å². The van der Waals surface area contributed by atoms with Crippen LogP contribution in [0.5, 0.6) is 0 Å². The second-order valence-corrected chi connectivity index (χ2v) is 9.45. The predicted octanol–water partition coefficient (Wildman–Crippen LogP) is 2.12. The van der Waals surface area contributed by atoms with E-state index in [-0.39, 0.29) is 5.54 Å². The fourth-order valence-electron chi connectivity index (χ4n) is 6.18. The zero-order valence-electron chi connectivity index (χ0n) is 13.3. The predicted molar refractivity (Wildman–Crippen MR) is 86.8 cm³/mol. The van der Waals surface area contributed by atoms with E-state index >= 15 is 0 Å². The molecular formula is C16H25N5S. The van der Waals surface area contributed by atoms with Gasteiger partial charge in [0, 0.05) is 17.3 Å². The SMILES string of the molecule is Cc1nnn(C23C[C@H]4C[C@@H](CC(N[C@H]5CCSC5)(C4)C2)C3)n1. The first kappa shape index (κ1) is 13.8. The maximum Gasteiger partial charge on any atom is 0.171 e. The van der Waals surface area contributed by atoms with Gasteiger partial charge in [-0.1, -0.05) is 0 Å². The lowest BCUT2D eigenvalue weighted by Crippen LogP contribution is -2.66. The molecule has 1 saturated heterocycles. The Balaban J connectivity index is 1.48. The van der Waals surface area contributed by atoms with Crippen LogP contribution in [-0.4, -0.2) is 43.3 Å². The molecule has 3 atom stereocenters. The van der Waals surface area contributed by atoms with E-state index in [0.717, 1.165) is 23.7 Å². The summed E-state index contributed by atoms with van der Waals surface area (Å²) < 4.78 is 0. The molecule has 0 unspecified atom stereocenters. The molecule has 22 heavy (non-hydrogen) atoms. The van der Waals surface area contributed by atoms with Crippen LogP contribution in [0.4, 0.5) is 0 Å². The fourth-order valence-corrected chi connectivity index (χ4v) is 7.34. The molecule has 2 heterocycles. The lowest BCUT2D eigenvalue weighted by Gasteiger charge is -2.62. The summed E-state index contributed by atoms with van der Waals surface area (Å²) in [7, 11) is 0. The Bertz CT molecular complexity index is 565. The van der Waals surface area contributed by atoms with Gasteiger partial charge in [-0.05, 0) is 74.7 Å². The van der Waals surface area contributed by atoms with Gasteiger partial charge in [0.25, 0.3) is 0 Å². The molecule has 1 N–H and O–H groups in total. The van der Waals surface area contributed by atoms with Gasteiger partial charge in [0.2, 0.25) is 0 Å². The Morgan fingerprint density at radius 2 is 2.05 bits per heavy atom. The molecule has 6 rings (SSSR count). The van der Waals surface area contributed by atoms with Crippen LogP contribution in [0.3, 0.4) is 0 Å². The highest BCUT2D eigenvalue weighted by Gasteiger charge is 2.60. The minimum atomic E-state index is 0.143. The van der Waals surface area contributed by atoms with Crippen molar-refractivity contribution in [3.8, 4) is 0 Å². The van der Waals surface area contributed by atoms with Gasteiger partial charge in [-0.3, -0.25) is 0 Å². The Kier molecular flexibility index (Phi) is 2.94. The van der Waals surface area contributed by atoms with Crippen molar-refractivity contribution in [2.75, 3.05) is 11.5 Å². The van der Waals surface area contributed by atoms with Crippen LogP contribution in [0, 0.1) is 18.8 Å². The molecule has 0 spiro atoms. The Hall–Kier alpha value is -0.620. The summed E-state index contributed by atoms with van der Waals surface area (Å²) in [5.41, 5.74) is 0.491. The van der Waals surface area contributed by atoms with E-state index in [4.69, 9.17) is 0 Å². The van der Waals surface area contributed by atoms with E-state index in [2.05, 4.69) is 32.5 Å². The third-order valence-corrected chi connectivity index (χ3v) is 7.57. The number of nitrogens with zero attached hydrogens (tertiary/aromatic N) is 4. The molecule has 5 aliphatic rings. The van der Waals surface area contributed by atoms with Crippen LogP contribution in [0.15, 0.2) is 0 Å². The molecule has 1 aromatic heterocycles. The van der Waals surface area contributed by atoms with Gasteiger partial charge in [-0.25, -0.2) is 0 Å². The molecule has 1 aromatic rings. The Morgan fingerprint density at radius 3 is 2.68 bits per heavy atom. The second kappa shape index (κ2) is 4.69. The van der Waals surface area contributed by atoms with Crippen molar-refractivity contribution in [3.63, 3.8) is 0 Å². The molecule has 0 amide bonds. The first-order chi connectivity index (χ1) is 10.6. The van der Waals surface area contributed by atoms with E-state index in [0.29, 0.717) is 5.54 Å². The normalized spacial score (nSPS) is 46.5. The van der Waals surface area contributed by atoms with Crippen LogP contribution in [-0.2, 0) is 5.54 Å². The number of aryl methyl sites for hydroxylation is 1. The smallest absolute Gasteiger partial charge is 0.171 e. The van der Waals surface area contributed by atoms with Crippen molar-refractivity contribution in [3.05, 3.63) is 5.82 Å². The van der Waals surface area contributed by atoms with Crippen molar-refractivity contribution in [2.24, 2.45) is 11.8 Å². The lowest BCUT2D eigenvalue weighted by molar-refractivity contribution is -0.0874. The van der Waals surface area contributed by atoms with E-state index in [1.807, 2.05) is 11.7 Å². The summed E-state index contributed by atoms with van der Waals surface area (Å²) >= 11 is 2.11. The molecule has 4 saturated carbocycles. The topological polar surface area (TPSA) is 55.6 Å². The molecule has 4 bridgehead atoms. The van der Waals surface area contributed by atoms with Crippen LogP contribution >= 0.6 is 11.8 Å². The molecule has 5 nitrogen and oxygen atoms in total. The highest BCUT2D eigenvalue weighted by Crippen LogP contribution is 2.60. The van der Waals surface area contributed by atoms with Gasteiger partial charge in [0.05, 0.1) is 5.54 Å². The summed E-state index contributed by atoms with van der Waals surface area (Å²) in [4.78, 5) is 2.00. The molecule has 1 aliphatic heterocycles. The molecule has 120 valence electrons. The maximum absolute atomic E-state index is 4.63. The van der Waals surface area contributed by atoms with Crippen LogP contribution in [0.25, 0.3) is 0 Å². The van der Waals surface area contributed by atoms with E-state index in [1.54, 1.807) is 0 Å². The van der Waals surface area contributed by atoms with Crippen molar-refractivity contribution in [1.82, 2.24) is 25.5 Å². The van der Waals surface area contributed by atoms with E-state index in [9.17, 15) is 0 Å². The number of rotatable bonds is 3. The van der Waals surface area contributed by atoms with Gasteiger partial charge in [0.15, 0.2) is 5.82 Å². The molecular weight excluding hydrogens is 294 g/mol. The van der Waals surface area contributed by atoms with E-state index in [1.165, 1.54) is 56.5 Å². The zero-order valence-corrected chi connectivity index (χ0v) is 14.1. The number of hydrogen-bond acceptors (Lipinski definition) is 5. The quantitative estimate of drug-likeness (QED) is 0.925. The summed E-state index contributed by atoms with van der Waals surface area (Å²) in [6.07, 6.45) is 9.27. The van der Waals surface area contributed by atoms with Crippen molar-refractivity contribution in [1.29, 1.82) is 0 Å². The summed E-state index contributed by atoms with van der Waals surface area (Å²) in [5.74, 6) is 5.15. The molecule has 0 aromatic carbocycles. The number of thioether (sulfide) groups is 1. The summed E-state index contributed by atoms with van der Waals surface area (Å²) in [5, 5.41) is 17.3. The Morgan fingerprint density at radius 1 is 1.23 bits per heavy atom. The number of aromatic nitrogens is 4. The molecule has 4 aliphatic carbocycles. The van der Waals surface area contributed by atoms with Gasteiger partial charge in [-0.15, -0.1) is 10.2 Å².